The zero-order valence-corrected chi connectivity index (χ0v) is 8.24. The highest BCUT2D eigenvalue weighted by atomic mass is 16.4. The lowest BCUT2D eigenvalue weighted by molar-refractivity contribution is -0.138. The van der Waals surface area contributed by atoms with Gasteiger partial charge in [0.05, 0.1) is 12.5 Å². The van der Waals surface area contributed by atoms with E-state index in [1.807, 2.05) is 0 Å². The van der Waals surface area contributed by atoms with E-state index in [4.69, 9.17) is 15.3 Å². The molecule has 0 aliphatic heterocycles. The number of aliphatic hydroxyl groups is 1. The molecular weight excluding hydrogens is 214 g/mol. The van der Waals surface area contributed by atoms with E-state index < -0.39 is 24.2 Å². The molecule has 6 nitrogen and oxygen atoms in total. The maximum absolute atomic E-state index is 10.2. The molecule has 0 heterocycles. The molecule has 1 atom stereocenters. The third kappa shape index (κ3) is 3.25. The lowest BCUT2D eigenvalue weighted by Crippen LogP contribution is -2.13. The van der Waals surface area contributed by atoms with Gasteiger partial charge in [0.2, 0.25) is 0 Å². The van der Waals surface area contributed by atoms with E-state index in [1.165, 1.54) is 18.2 Å². The first-order chi connectivity index (χ1) is 7.50. The van der Waals surface area contributed by atoms with E-state index in [-0.39, 0.29) is 11.4 Å². The van der Waals surface area contributed by atoms with Gasteiger partial charge in [-0.05, 0) is 12.1 Å². The van der Waals surface area contributed by atoms with Crippen LogP contribution in [0.15, 0.2) is 23.2 Å². The molecule has 1 unspecified atom stereocenters. The minimum Gasteiger partial charge on any atom is -0.504 e. The first-order valence-electron chi connectivity index (χ1n) is 4.45. The molecule has 0 aliphatic rings. The molecule has 1 aromatic rings. The minimum atomic E-state index is -1.24. The van der Waals surface area contributed by atoms with Gasteiger partial charge in [-0.2, -0.15) is 0 Å². The molecule has 86 valence electrons. The van der Waals surface area contributed by atoms with Crippen LogP contribution < -0.4 is 0 Å². The van der Waals surface area contributed by atoms with Crippen molar-refractivity contribution in [2.24, 2.45) is 4.99 Å². The van der Waals surface area contributed by atoms with Crippen molar-refractivity contribution >= 4 is 17.9 Å². The lowest BCUT2D eigenvalue weighted by atomic mass is 10.2. The van der Waals surface area contributed by atoms with Crippen LogP contribution in [-0.2, 0) is 4.79 Å². The Morgan fingerprint density at radius 3 is 2.75 bits per heavy atom. The molecule has 0 aromatic heterocycles. The van der Waals surface area contributed by atoms with Crippen LogP contribution in [0, 0.1) is 0 Å². The van der Waals surface area contributed by atoms with Crippen LogP contribution in [0.1, 0.15) is 6.42 Å². The number of aliphatic carboxylic acids is 1. The number of aliphatic hydroxyl groups excluding tert-OH is 1. The van der Waals surface area contributed by atoms with Crippen LogP contribution in [-0.4, -0.2) is 38.7 Å². The number of hydrogen-bond acceptors (Lipinski definition) is 5. The molecular formula is C10H11NO5. The summed E-state index contributed by atoms with van der Waals surface area (Å²) >= 11 is 0. The van der Waals surface area contributed by atoms with Crippen molar-refractivity contribution in [3.8, 4) is 11.5 Å². The van der Waals surface area contributed by atoms with Crippen LogP contribution in [0.5, 0.6) is 11.5 Å². The minimum absolute atomic E-state index is 0.0597. The Balaban J connectivity index is 2.76. The molecule has 0 saturated carbocycles. The van der Waals surface area contributed by atoms with E-state index in [2.05, 4.69) is 4.99 Å². The summed E-state index contributed by atoms with van der Waals surface area (Å²) in [5.41, 5.74) is 0.0597. The van der Waals surface area contributed by atoms with E-state index in [1.54, 1.807) is 0 Å². The Bertz CT molecular complexity index is 416. The Labute approximate surface area is 91.1 Å². The van der Waals surface area contributed by atoms with Crippen molar-refractivity contribution in [3.05, 3.63) is 18.2 Å². The highest BCUT2D eigenvalue weighted by Crippen LogP contribution is 2.34. The zero-order valence-electron chi connectivity index (χ0n) is 8.24. The highest BCUT2D eigenvalue weighted by Gasteiger charge is 2.07. The van der Waals surface area contributed by atoms with Gasteiger partial charge in [-0.15, -0.1) is 0 Å². The number of phenolic OH excluding ortho intramolecular Hbond substituents is 2. The van der Waals surface area contributed by atoms with Crippen LogP contribution >= 0.6 is 0 Å². The molecule has 0 aliphatic carbocycles. The van der Waals surface area contributed by atoms with Gasteiger partial charge < -0.3 is 20.4 Å². The molecule has 0 spiro atoms. The monoisotopic (exact) mass is 225 g/mol. The Kier molecular flexibility index (Phi) is 3.84. The second-order valence-corrected chi connectivity index (χ2v) is 3.09. The number of benzene rings is 1. The number of rotatable bonds is 4. The number of aromatic hydroxyl groups is 2. The predicted molar refractivity (Wildman–Crippen MR) is 56.2 cm³/mol. The number of nitrogens with zero attached hydrogens (tertiary/aromatic N) is 1. The molecule has 0 bridgehead atoms. The largest absolute Gasteiger partial charge is 0.504 e. The van der Waals surface area contributed by atoms with Gasteiger partial charge in [0, 0.05) is 6.21 Å². The molecule has 16 heavy (non-hydrogen) atoms. The Hall–Kier alpha value is -2.08. The average Bonchev–Trinajstić information content (AvgIpc) is 2.19. The predicted octanol–water partition coefficient (Wildman–Crippen LogP) is 0.636. The number of phenols is 2. The standard InChI is InChI=1S/C10H11NO5/c12-6(4-9(14)15)5-11-7-2-1-3-8(13)10(7)16/h1-3,5-6,12-13,16H,4H2,(H,14,15). The third-order valence-electron chi connectivity index (χ3n) is 1.76. The van der Waals surface area contributed by atoms with E-state index >= 15 is 0 Å². The van der Waals surface area contributed by atoms with E-state index in [0.717, 1.165) is 6.21 Å². The second kappa shape index (κ2) is 5.13. The van der Waals surface area contributed by atoms with Crippen molar-refractivity contribution in [3.63, 3.8) is 0 Å². The summed E-state index contributed by atoms with van der Waals surface area (Å²) in [5.74, 6) is -1.90. The fraction of sp³-hybridized carbons (Fsp3) is 0.200. The number of hydrogen-bond donors (Lipinski definition) is 4. The molecule has 0 amide bonds. The smallest absolute Gasteiger partial charge is 0.306 e. The number of carbonyl (C=O) groups is 1. The fourth-order valence-corrected chi connectivity index (χ4v) is 1.02. The highest BCUT2D eigenvalue weighted by molar-refractivity contribution is 5.77. The first-order valence-corrected chi connectivity index (χ1v) is 4.45. The SMILES string of the molecule is O=C(O)CC(O)C=Nc1cccc(O)c1O. The van der Waals surface area contributed by atoms with Gasteiger partial charge in [-0.3, -0.25) is 9.79 Å². The van der Waals surface area contributed by atoms with Gasteiger partial charge in [0.15, 0.2) is 11.5 Å². The normalized spacial score (nSPS) is 12.8. The van der Waals surface area contributed by atoms with Gasteiger partial charge >= 0.3 is 5.97 Å². The Morgan fingerprint density at radius 2 is 2.12 bits per heavy atom. The van der Waals surface area contributed by atoms with Crippen LogP contribution in [0.4, 0.5) is 5.69 Å². The summed E-state index contributed by atoms with van der Waals surface area (Å²) in [6, 6.07) is 4.16. The zero-order chi connectivity index (χ0) is 12.1. The summed E-state index contributed by atoms with van der Waals surface area (Å²) in [5, 5.41) is 36.0. The quantitative estimate of drug-likeness (QED) is 0.444. The van der Waals surface area contributed by atoms with Crippen LogP contribution in [0.25, 0.3) is 0 Å². The number of carboxylic acid groups (broad SMARTS) is 1. The van der Waals surface area contributed by atoms with Crippen molar-refractivity contribution in [1.82, 2.24) is 0 Å². The summed E-state index contributed by atoms with van der Waals surface area (Å²) in [7, 11) is 0. The van der Waals surface area contributed by atoms with Crippen molar-refractivity contribution < 1.29 is 25.2 Å². The second-order valence-electron chi connectivity index (χ2n) is 3.09. The topological polar surface area (TPSA) is 110 Å². The van der Waals surface area contributed by atoms with Crippen molar-refractivity contribution in [2.45, 2.75) is 12.5 Å². The van der Waals surface area contributed by atoms with Gasteiger partial charge in [-0.1, -0.05) is 6.07 Å². The van der Waals surface area contributed by atoms with E-state index in [0.29, 0.717) is 0 Å². The summed E-state index contributed by atoms with van der Waals surface area (Å²) in [6.07, 6.45) is -0.717. The molecule has 0 saturated heterocycles. The van der Waals surface area contributed by atoms with Crippen LogP contribution in [0.2, 0.25) is 0 Å². The third-order valence-corrected chi connectivity index (χ3v) is 1.76. The molecule has 1 rings (SSSR count). The Morgan fingerprint density at radius 1 is 1.44 bits per heavy atom. The maximum Gasteiger partial charge on any atom is 0.306 e. The van der Waals surface area contributed by atoms with Gasteiger partial charge in [0.25, 0.3) is 0 Å². The van der Waals surface area contributed by atoms with Gasteiger partial charge in [-0.25, -0.2) is 0 Å². The molecule has 6 heteroatoms. The van der Waals surface area contributed by atoms with Crippen molar-refractivity contribution in [1.29, 1.82) is 0 Å². The molecule has 4 N–H and O–H groups in total. The van der Waals surface area contributed by atoms with Crippen molar-refractivity contribution in [2.75, 3.05) is 0 Å². The first kappa shape index (κ1) is 12.0. The average molecular weight is 225 g/mol. The fourth-order valence-electron chi connectivity index (χ4n) is 1.02. The molecule has 1 aromatic carbocycles. The summed E-state index contributed by atoms with van der Waals surface area (Å²) in [4.78, 5) is 13.9. The van der Waals surface area contributed by atoms with Gasteiger partial charge in [0.1, 0.15) is 5.69 Å². The molecule has 0 radical (unpaired) electrons. The summed E-state index contributed by atoms with van der Waals surface area (Å²) in [6.45, 7) is 0. The lowest BCUT2D eigenvalue weighted by Gasteiger charge is -2.02. The van der Waals surface area contributed by atoms with E-state index in [9.17, 15) is 9.90 Å². The van der Waals surface area contributed by atoms with Crippen LogP contribution in [0.3, 0.4) is 0 Å². The number of aliphatic imine (C=N–C) groups is 1. The molecule has 0 fully saturated rings. The maximum atomic E-state index is 10.2. The number of carboxylic acids is 1. The summed E-state index contributed by atoms with van der Waals surface area (Å²) < 4.78 is 0. The number of para-hydroxylation sites is 1.